The van der Waals surface area contributed by atoms with Crippen LogP contribution in [0.5, 0.6) is 17.2 Å². The van der Waals surface area contributed by atoms with E-state index in [-0.39, 0.29) is 68.1 Å². The minimum atomic E-state index is -1.79. The number of phenols is 2. The summed E-state index contributed by atoms with van der Waals surface area (Å²) in [4.78, 5) is 41.1. The lowest BCUT2D eigenvalue weighted by molar-refractivity contribution is -0.112. The van der Waals surface area contributed by atoms with Gasteiger partial charge >= 0.3 is 5.79 Å². The van der Waals surface area contributed by atoms with Crippen molar-refractivity contribution in [1.29, 1.82) is 0 Å². The first-order valence-corrected chi connectivity index (χ1v) is 20.2. The molecule has 5 heterocycles. The van der Waals surface area contributed by atoms with Crippen LogP contribution in [0.2, 0.25) is 0 Å². The SMILES string of the molecule is C/C1=C/C=C/C(C)[C@H](O)[C@@H](C)C(O)[C@@H](C)[C@H](C)[C@H](C)C/C=C/OC2(C)Oc3c(C)c(O)c4c(O)c(c5c(c4c3C2=O)=NC2(CCN(CC(C)C)CC2)N=5)NC1=O. The second kappa shape index (κ2) is 15.6. The molecule has 2 aromatic carbocycles. The van der Waals surface area contributed by atoms with Crippen LogP contribution < -0.4 is 20.8 Å². The van der Waals surface area contributed by atoms with Gasteiger partial charge in [-0.05, 0) is 50.0 Å². The van der Waals surface area contributed by atoms with E-state index in [1.165, 1.54) is 13.2 Å². The Labute approximate surface area is 329 Å². The highest BCUT2D eigenvalue weighted by Crippen LogP contribution is 2.50. The molecule has 0 aliphatic carbocycles. The van der Waals surface area contributed by atoms with Crippen LogP contribution in [0, 0.1) is 42.4 Å². The van der Waals surface area contributed by atoms with Crippen LogP contribution in [0.15, 0.2) is 46.1 Å². The average Bonchev–Trinajstić information content (AvgIpc) is 3.66. The summed E-state index contributed by atoms with van der Waals surface area (Å²) in [5, 5.41) is 49.9. The molecule has 0 radical (unpaired) electrons. The summed E-state index contributed by atoms with van der Waals surface area (Å²) in [6.07, 6.45) is 8.55. The third-order valence-corrected chi connectivity index (χ3v) is 12.8. The molecule has 5 aliphatic heterocycles. The number of likely N-dealkylation sites (tertiary alicyclic amines) is 1. The molecule has 5 bridgehead atoms. The van der Waals surface area contributed by atoms with Crippen molar-refractivity contribution in [2.75, 3.05) is 25.0 Å². The van der Waals surface area contributed by atoms with Gasteiger partial charge in [-0.25, -0.2) is 0 Å². The van der Waals surface area contributed by atoms with Crippen molar-refractivity contribution in [3.05, 3.63) is 58.0 Å². The minimum absolute atomic E-state index is 0.0130. The summed E-state index contributed by atoms with van der Waals surface area (Å²) in [5.74, 6) is -3.65. The van der Waals surface area contributed by atoms with E-state index in [1.54, 1.807) is 32.1 Å². The first kappa shape index (κ1) is 41.4. The number of allylic oxidation sites excluding steroid dienone is 3. The topological polar surface area (TPSA) is 174 Å². The Morgan fingerprint density at radius 3 is 2.25 bits per heavy atom. The molecule has 7 rings (SSSR count). The Kier molecular flexibility index (Phi) is 11.5. The number of nitrogens with zero attached hydrogens (tertiary/aromatic N) is 3. The van der Waals surface area contributed by atoms with E-state index in [1.807, 2.05) is 26.8 Å². The van der Waals surface area contributed by atoms with Gasteiger partial charge in [0, 0.05) is 67.8 Å². The van der Waals surface area contributed by atoms with Crippen LogP contribution in [0.4, 0.5) is 5.69 Å². The molecule has 304 valence electrons. The maximum Gasteiger partial charge on any atom is 0.312 e. The largest absolute Gasteiger partial charge is 0.507 e. The lowest BCUT2D eigenvalue weighted by Gasteiger charge is -2.36. The number of ketones is 1. The predicted octanol–water partition coefficient (Wildman–Crippen LogP) is 5.83. The van der Waals surface area contributed by atoms with Crippen LogP contribution in [-0.4, -0.2) is 80.3 Å². The highest BCUT2D eigenvalue weighted by atomic mass is 16.7. The normalized spacial score (nSPS) is 33.3. The summed E-state index contributed by atoms with van der Waals surface area (Å²) in [6, 6.07) is 0. The molecule has 56 heavy (non-hydrogen) atoms. The van der Waals surface area contributed by atoms with Crippen molar-refractivity contribution in [3.8, 4) is 17.2 Å². The van der Waals surface area contributed by atoms with E-state index in [9.17, 15) is 30.0 Å². The van der Waals surface area contributed by atoms with Gasteiger partial charge in [-0.1, -0.05) is 66.7 Å². The molecule has 8 atom stereocenters. The number of piperidine rings is 1. The van der Waals surface area contributed by atoms with Crippen LogP contribution in [0.25, 0.3) is 10.8 Å². The van der Waals surface area contributed by atoms with Crippen molar-refractivity contribution in [2.45, 2.75) is 112 Å². The van der Waals surface area contributed by atoms with Crippen LogP contribution in [0.3, 0.4) is 0 Å². The molecule has 12 heteroatoms. The summed E-state index contributed by atoms with van der Waals surface area (Å²) >= 11 is 0. The molecule has 1 spiro atoms. The molecule has 0 aromatic heterocycles. The number of benzene rings is 2. The Bertz CT molecular complexity index is 2120. The number of nitrogens with one attached hydrogen (secondary N) is 1. The lowest BCUT2D eigenvalue weighted by Crippen LogP contribution is -2.43. The smallest absolute Gasteiger partial charge is 0.312 e. The number of aliphatic hydroxyl groups is 2. The summed E-state index contributed by atoms with van der Waals surface area (Å²) in [7, 11) is 0. The zero-order chi connectivity index (χ0) is 41.0. The Balaban J connectivity index is 1.52. The van der Waals surface area contributed by atoms with Gasteiger partial charge in [0.1, 0.15) is 22.5 Å². The number of hydrogen-bond donors (Lipinski definition) is 5. The Morgan fingerprint density at radius 2 is 1.59 bits per heavy atom. The molecular formula is C44H60N4O8. The van der Waals surface area contributed by atoms with E-state index in [2.05, 4.69) is 37.9 Å². The fourth-order valence-corrected chi connectivity index (χ4v) is 8.71. The molecule has 12 nitrogen and oxygen atoms in total. The number of rotatable bonds is 2. The van der Waals surface area contributed by atoms with Gasteiger partial charge in [0.2, 0.25) is 0 Å². The number of anilines is 1. The number of carbonyl (C=O) groups is 2. The highest BCUT2D eigenvalue weighted by molar-refractivity contribution is 6.19. The molecular weight excluding hydrogens is 713 g/mol. The zero-order valence-electron chi connectivity index (χ0n) is 34.5. The second-order valence-corrected chi connectivity index (χ2v) is 17.4. The van der Waals surface area contributed by atoms with Gasteiger partial charge in [-0.2, -0.15) is 0 Å². The van der Waals surface area contributed by atoms with Crippen molar-refractivity contribution < 1.29 is 39.5 Å². The van der Waals surface area contributed by atoms with Gasteiger partial charge in [-0.15, -0.1) is 0 Å². The Hall–Kier alpha value is -4.26. The third kappa shape index (κ3) is 7.36. The number of phenolic OH excluding ortho intramolecular Hbond substituents is 2. The molecule has 3 unspecified atom stereocenters. The summed E-state index contributed by atoms with van der Waals surface area (Å²) in [6.45, 7) is 21.4. The number of hydrogen-bond acceptors (Lipinski definition) is 11. The van der Waals surface area contributed by atoms with Gasteiger partial charge in [-0.3, -0.25) is 19.6 Å². The second-order valence-electron chi connectivity index (χ2n) is 17.4. The number of aliphatic hydroxyl groups excluding tert-OH is 2. The first-order chi connectivity index (χ1) is 26.3. The molecule has 2 aromatic rings. The summed E-state index contributed by atoms with van der Waals surface area (Å²) in [5.41, 5.74) is -0.265. The standard InChI is InChI=1S/C44H60N4O8/c1-22(2)21-48-18-16-44(17-19-48)46-33-30-31-38(51)29(9)40-32(30)41(53)43(10,56-40)55-20-12-15-23(3)26(6)27(7)37(50)28(8)36(49)24(4)13-11-14-25(5)42(54)45-35(39(31)52)34(33)47-44/h11-14,20,22-24,26-28,36-37,49-52H,15-19,21H2,1-10H3,(H,45,54)/b13-11+,20-12+,25-14-/t23-,24?,26-,27+,28-,36+,37?,43?/m1/s1. The van der Waals surface area contributed by atoms with Gasteiger partial charge < -0.3 is 40.1 Å². The van der Waals surface area contributed by atoms with E-state index < -0.39 is 47.0 Å². The third-order valence-electron chi connectivity index (χ3n) is 12.8. The molecule has 5 N–H and O–H groups in total. The number of ether oxygens (including phenoxy) is 2. The molecule has 1 fully saturated rings. The maximum atomic E-state index is 14.5. The van der Waals surface area contributed by atoms with E-state index >= 15 is 0 Å². The monoisotopic (exact) mass is 772 g/mol. The number of aromatic hydroxyl groups is 2. The van der Waals surface area contributed by atoms with Crippen molar-refractivity contribution >= 4 is 28.2 Å². The van der Waals surface area contributed by atoms with Crippen LogP contribution >= 0.6 is 0 Å². The van der Waals surface area contributed by atoms with Gasteiger partial charge in [0.05, 0.1) is 34.8 Å². The van der Waals surface area contributed by atoms with Crippen LogP contribution in [0.1, 0.15) is 97.5 Å². The maximum absolute atomic E-state index is 14.5. The van der Waals surface area contributed by atoms with E-state index in [0.717, 1.165) is 19.6 Å². The minimum Gasteiger partial charge on any atom is -0.507 e. The molecule has 1 saturated heterocycles. The molecule has 0 saturated carbocycles. The number of amides is 1. The quantitative estimate of drug-likeness (QED) is 0.236. The summed E-state index contributed by atoms with van der Waals surface area (Å²) < 4.78 is 12.4. The lowest BCUT2D eigenvalue weighted by atomic mass is 9.75. The fraction of sp³-hybridized carbons (Fsp3) is 0.591. The number of carbonyl (C=O) groups excluding carboxylic acids is 2. The van der Waals surface area contributed by atoms with Gasteiger partial charge in [0.25, 0.3) is 11.7 Å². The average molecular weight is 773 g/mol. The molecule has 1 amide bonds. The van der Waals surface area contributed by atoms with Crippen molar-refractivity contribution in [3.63, 3.8) is 0 Å². The zero-order valence-corrected chi connectivity index (χ0v) is 34.5. The molecule has 5 aliphatic rings. The first-order valence-electron chi connectivity index (χ1n) is 20.2. The van der Waals surface area contributed by atoms with E-state index in [4.69, 9.17) is 19.5 Å². The predicted molar refractivity (Wildman–Crippen MR) is 215 cm³/mol. The Morgan fingerprint density at radius 1 is 0.929 bits per heavy atom. The van der Waals surface area contributed by atoms with E-state index in [0.29, 0.717) is 36.1 Å². The highest BCUT2D eigenvalue weighted by Gasteiger charge is 2.50. The number of Topliss-reactive ketones (excluding diaryl/α,β-unsaturated/α-hetero) is 1. The van der Waals surface area contributed by atoms with Gasteiger partial charge in [0.15, 0.2) is 11.4 Å². The van der Waals surface area contributed by atoms with Crippen LogP contribution in [-0.2, 0) is 9.53 Å². The number of fused-ring (bicyclic) bond motifs is 13. The van der Waals surface area contributed by atoms with Crippen molar-refractivity contribution in [2.24, 2.45) is 45.5 Å². The van der Waals surface area contributed by atoms with Crippen molar-refractivity contribution in [1.82, 2.24) is 4.90 Å². The fourth-order valence-electron chi connectivity index (χ4n) is 8.71.